The van der Waals surface area contributed by atoms with E-state index in [0.717, 1.165) is 67.7 Å². The van der Waals surface area contributed by atoms with Gasteiger partial charge in [0, 0.05) is 16.5 Å². The first-order valence-corrected chi connectivity index (χ1v) is 29.7. The number of nitrogens with zero attached hydrogens (tertiary/aromatic N) is 4. The van der Waals surface area contributed by atoms with Crippen molar-refractivity contribution < 1.29 is 9.13 Å². The van der Waals surface area contributed by atoms with Gasteiger partial charge < -0.3 is 4.74 Å². The van der Waals surface area contributed by atoms with E-state index in [9.17, 15) is 0 Å². The van der Waals surface area contributed by atoms with Crippen LogP contribution in [0.25, 0.3) is 89.2 Å². The molecule has 0 atom stereocenters. The van der Waals surface area contributed by atoms with E-state index in [0.29, 0.717) is 29.9 Å². The molecule has 0 saturated heterocycles. The number of ether oxygens (including phenoxy) is 1. The third-order valence-corrected chi connectivity index (χ3v) is 17.1. The van der Waals surface area contributed by atoms with Gasteiger partial charge in [0.05, 0.1) is 33.4 Å². The second-order valence-corrected chi connectivity index (χ2v) is 26.2. The average molecular weight is 1080 g/mol. The molecular weight excluding hydrogens is 1000 g/mol. The minimum atomic E-state index is -1.50. The van der Waals surface area contributed by atoms with Gasteiger partial charge in [-0.05, 0) is 182 Å². The fourth-order valence-electron chi connectivity index (χ4n) is 14.0. The van der Waals surface area contributed by atoms with Crippen LogP contribution < -0.4 is 4.74 Å². The van der Waals surface area contributed by atoms with Crippen molar-refractivity contribution in [3.8, 4) is 67.9 Å². The van der Waals surface area contributed by atoms with Crippen molar-refractivity contribution in [3.63, 3.8) is 0 Å². The summed E-state index contributed by atoms with van der Waals surface area (Å²) >= 11 is 0. The van der Waals surface area contributed by atoms with Crippen LogP contribution in [0.3, 0.4) is 0 Å². The Kier molecular flexibility index (Phi) is 14.0. The maximum atomic E-state index is 18.0. The van der Waals surface area contributed by atoms with Gasteiger partial charge in [-0.25, -0.2) is 14.4 Å². The molecule has 0 bridgehead atoms. The molecule has 2 heterocycles. The summed E-state index contributed by atoms with van der Waals surface area (Å²) in [6.45, 7) is 27.2. The van der Waals surface area contributed by atoms with Crippen molar-refractivity contribution in [1.82, 2.24) is 19.1 Å². The van der Waals surface area contributed by atoms with Crippen LogP contribution in [0.5, 0.6) is 11.5 Å². The zero-order valence-corrected chi connectivity index (χ0v) is 49.9. The summed E-state index contributed by atoms with van der Waals surface area (Å²) in [6.07, 6.45) is 1.90. The third kappa shape index (κ3) is 10.1. The predicted octanol–water partition coefficient (Wildman–Crippen LogP) is 21.9. The van der Waals surface area contributed by atoms with E-state index < -0.39 is 5.67 Å². The summed E-state index contributed by atoms with van der Waals surface area (Å²) < 4.78 is 30.0. The van der Waals surface area contributed by atoms with Crippen LogP contribution in [-0.4, -0.2) is 19.1 Å². The number of benzene rings is 9. The van der Waals surface area contributed by atoms with Crippen molar-refractivity contribution in [1.29, 1.82) is 0 Å². The van der Waals surface area contributed by atoms with E-state index in [2.05, 4.69) is 268 Å². The number of para-hydroxylation sites is 2. The average Bonchev–Trinajstić information content (AvgIpc) is 3.48. The molecule has 1 saturated carbocycles. The second-order valence-electron chi connectivity index (χ2n) is 26.2. The van der Waals surface area contributed by atoms with E-state index in [1.54, 1.807) is 0 Å². The highest BCUT2D eigenvalue weighted by Gasteiger charge is 2.49. The lowest BCUT2D eigenvalue weighted by Gasteiger charge is -2.48. The SMILES string of the molecule is CC(C)c1cc(-c2ccccc2)cc(C(C)C)c1-n1c(-c2cccc(Oc3cc(-c4nc5cc(C6(F)CC(C)(C)CC(C)(C)C6)ccc5n4-c4c(C(C)C)cc(-c5ccccc5)cc4C(C)C)cc4ccccc34)c2)nc2ccccc21. The molecule has 0 N–H and O–H groups in total. The first-order chi connectivity index (χ1) is 39.2. The Hall–Kier alpha value is -8.09. The predicted molar refractivity (Wildman–Crippen MR) is 342 cm³/mol. The van der Waals surface area contributed by atoms with Crippen LogP contribution in [0.2, 0.25) is 0 Å². The molecule has 82 heavy (non-hydrogen) atoms. The Bertz CT molecular complexity index is 4120. The minimum Gasteiger partial charge on any atom is -0.457 e. The lowest BCUT2D eigenvalue weighted by molar-refractivity contribution is -0.0321. The number of hydrogen-bond acceptors (Lipinski definition) is 3. The van der Waals surface area contributed by atoms with Crippen molar-refractivity contribution >= 4 is 32.8 Å². The molecular formula is C76H77FN4O. The monoisotopic (exact) mass is 1080 g/mol. The Labute approximate surface area is 484 Å². The number of hydrogen-bond donors (Lipinski definition) is 0. The van der Waals surface area contributed by atoms with Crippen molar-refractivity contribution in [2.75, 3.05) is 0 Å². The summed E-state index contributed by atoms with van der Waals surface area (Å²) in [4.78, 5) is 11.1. The summed E-state index contributed by atoms with van der Waals surface area (Å²) in [7, 11) is 0. The summed E-state index contributed by atoms with van der Waals surface area (Å²) in [6, 6.07) is 66.9. The van der Waals surface area contributed by atoms with E-state index in [-0.39, 0.29) is 34.5 Å². The summed E-state index contributed by atoms with van der Waals surface area (Å²) in [5, 5.41) is 2.01. The number of aromatic nitrogens is 4. The molecule has 6 heteroatoms. The highest BCUT2D eigenvalue weighted by molar-refractivity contribution is 5.95. The summed E-state index contributed by atoms with van der Waals surface area (Å²) in [5.74, 6) is 3.83. The van der Waals surface area contributed by atoms with Crippen molar-refractivity contribution in [3.05, 3.63) is 216 Å². The van der Waals surface area contributed by atoms with Gasteiger partial charge in [0.2, 0.25) is 0 Å². The van der Waals surface area contributed by atoms with Gasteiger partial charge in [-0.3, -0.25) is 9.13 Å². The topological polar surface area (TPSA) is 44.9 Å². The molecule has 0 aliphatic heterocycles. The molecule has 9 aromatic carbocycles. The quantitative estimate of drug-likeness (QED) is 0.116. The van der Waals surface area contributed by atoms with Gasteiger partial charge in [-0.15, -0.1) is 0 Å². The van der Waals surface area contributed by atoms with Crippen LogP contribution in [-0.2, 0) is 5.67 Å². The number of rotatable bonds is 13. The fraction of sp³-hybridized carbons (Fsp3) is 0.289. The van der Waals surface area contributed by atoms with Gasteiger partial charge in [-0.2, -0.15) is 0 Å². The van der Waals surface area contributed by atoms with Crippen molar-refractivity contribution in [2.24, 2.45) is 10.8 Å². The van der Waals surface area contributed by atoms with Gasteiger partial charge in [0.1, 0.15) is 28.8 Å². The molecule has 0 amide bonds. The van der Waals surface area contributed by atoms with Crippen LogP contribution in [0.4, 0.5) is 4.39 Å². The molecule has 414 valence electrons. The smallest absolute Gasteiger partial charge is 0.145 e. The Morgan fingerprint density at radius 1 is 0.415 bits per heavy atom. The Morgan fingerprint density at radius 2 is 0.890 bits per heavy atom. The van der Waals surface area contributed by atoms with Crippen LogP contribution in [0.15, 0.2) is 188 Å². The molecule has 0 radical (unpaired) electrons. The van der Waals surface area contributed by atoms with E-state index in [1.807, 2.05) is 12.1 Å². The normalized spacial score (nSPS) is 15.0. The lowest BCUT2D eigenvalue weighted by Crippen LogP contribution is -2.41. The highest BCUT2D eigenvalue weighted by atomic mass is 19.1. The van der Waals surface area contributed by atoms with Gasteiger partial charge in [-0.1, -0.05) is 198 Å². The van der Waals surface area contributed by atoms with Gasteiger partial charge in [0.25, 0.3) is 0 Å². The molecule has 1 aliphatic carbocycles. The molecule has 12 rings (SSSR count). The molecule has 5 nitrogen and oxygen atoms in total. The third-order valence-electron chi connectivity index (χ3n) is 17.1. The molecule has 0 unspecified atom stereocenters. The maximum Gasteiger partial charge on any atom is 0.145 e. The fourth-order valence-corrected chi connectivity index (χ4v) is 14.0. The lowest BCUT2D eigenvalue weighted by atomic mass is 9.59. The maximum absolute atomic E-state index is 18.0. The first-order valence-electron chi connectivity index (χ1n) is 29.7. The van der Waals surface area contributed by atoms with Crippen LogP contribution in [0, 0.1) is 10.8 Å². The zero-order valence-electron chi connectivity index (χ0n) is 49.9. The number of imidazole rings is 2. The highest BCUT2D eigenvalue weighted by Crippen LogP contribution is 2.56. The number of fused-ring (bicyclic) bond motifs is 3. The molecule has 11 aromatic rings. The minimum absolute atomic E-state index is 0.158. The number of halogens is 1. The molecule has 0 spiro atoms. The zero-order chi connectivity index (χ0) is 57.4. The standard InChI is InChI=1S/C76H77FN4O/c1-47(2)61-38-55(51-24-15-13-16-25-51)39-62(48(3)4)70(61)80-67-33-22-21-32-65(67)78-72(80)54-29-23-30-59(37-54)82-69-42-57(36-53-28-19-20-31-60(53)69)73-79-66-43-58(76(77)45-74(9,10)44-75(11,12)46-76)34-35-68(66)81(73)71-63(49(5)6)40-56(41-64(71)50(7)8)52-26-17-14-18-27-52/h13-43,47-50H,44-46H2,1-12H3. The van der Waals surface area contributed by atoms with Gasteiger partial charge in [0.15, 0.2) is 0 Å². The Balaban J connectivity index is 1.04. The van der Waals surface area contributed by atoms with E-state index in [1.165, 1.54) is 50.2 Å². The van der Waals surface area contributed by atoms with Crippen LogP contribution >= 0.6 is 0 Å². The van der Waals surface area contributed by atoms with Gasteiger partial charge >= 0.3 is 0 Å². The van der Waals surface area contributed by atoms with Crippen LogP contribution in [0.1, 0.15) is 154 Å². The molecule has 1 aliphatic rings. The van der Waals surface area contributed by atoms with E-state index >= 15 is 4.39 Å². The number of alkyl halides is 1. The first kappa shape index (κ1) is 54.5. The second kappa shape index (κ2) is 21.0. The molecule has 1 fully saturated rings. The molecule has 2 aromatic heterocycles. The summed E-state index contributed by atoms with van der Waals surface area (Å²) in [5.41, 5.74) is 16.5. The Morgan fingerprint density at radius 3 is 1.45 bits per heavy atom. The van der Waals surface area contributed by atoms with Crippen molar-refractivity contribution in [2.45, 2.75) is 132 Å². The largest absolute Gasteiger partial charge is 0.457 e. The van der Waals surface area contributed by atoms with E-state index in [4.69, 9.17) is 14.7 Å².